The Morgan fingerprint density at radius 1 is 0.581 bits per heavy atom. The molecule has 0 aliphatic heterocycles. The number of aromatic nitrogens is 1. The zero-order chi connectivity index (χ0) is 20.6. The molecule has 1 nitrogen and oxygen atoms in total. The predicted molar refractivity (Wildman–Crippen MR) is 133 cm³/mol. The van der Waals surface area contributed by atoms with Crippen molar-refractivity contribution in [1.29, 1.82) is 0 Å². The van der Waals surface area contributed by atoms with Gasteiger partial charge in [0.25, 0.3) is 0 Å². The molecule has 0 spiro atoms. The second kappa shape index (κ2) is 7.45. The average molecular weight is 398 g/mol. The SMILES string of the molecule is C1=CCCC(c2cc(-c3ccccc3)cc(-n3c4ccccc4c4ccccc43)c2)=C1. The van der Waals surface area contributed by atoms with Gasteiger partial charge in [-0.15, -0.1) is 0 Å². The third-order valence-electron chi connectivity index (χ3n) is 6.25. The van der Waals surface area contributed by atoms with Crippen LogP contribution in [-0.4, -0.2) is 4.57 Å². The van der Waals surface area contributed by atoms with Crippen LogP contribution >= 0.6 is 0 Å². The Labute approximate surface area is 182 Å². The first kappa shape index (κ1) is 18.0. The molecule has 6 rings (SSSR count). The summed E-state index contributed by atoms with van der Waals surface area (Å²) in [5.74, 6) is 0. The number of fused-ring (bicyclic) bond motifs is 3. The van der Waals surface area contributed by atoms with E-state index in [1.165, 1.54) is 49.8 Å². The molecule has 1 aromatic heterocycles. The van der Waals surface area contributed by atoms with E-state index in [1.807, 2.05) is 0 Å². The third kappa shape index (κ3) is 3.10. The van der Waals surface area contributed by atoms with E-state index in [0.717, 1.165) is 12.8 Å². The Hall–Kier alpha value is -3.84. The van der Waals surface area contributed by atoms with E-state index in [9.17, 15) is 0 Å². The van der Waals surface area contributed by atoms with Gasteiger partial charge in [0.1, 0.15) is 0 Å². The van der Waals surface area contributed by atoms with Crippen molar-refractivity contribution in [3.8, 4) is 16.8 Å². The summed E-state index contributed by atoms with van der Waals surface area (Å²) in [7, 11) is 0. The van der Waals surface area contributed by atoms with Crippen molar-refractivity contribution in [2.75, 3.05) is 0 Å². The van der Waals surface area contributed by atoms with Gasteiger partial charge in [-0.25, -0.2) is 0 Å². The maximum Gasteiger partial charge on any atom is 0.0541 e. The lowest BCUT2D eigenvalue weighted by Gasteiger charge is -2.16. The molecule has 0 fully saturated rings. The summed E-state index contributed by atoms with van der Waals surface area (Å²) in [6, 6.07) is 35.2. The van der Waals surface area contributed by atoms with Gasteiger partial charge < -0.3 is 4.57 Å². The van der Waals surface area contributed by atoms with Crippen LogP contribution in [0, 0.1) is 0 Å². The molecule has 0 N–H and O–H groups in total. The van der Waals surface area contributed by atoms with Crippen LogP contribution in [0.2, 0.25) is 0 Å². The Bertz CT molecular complexity index is 1410. The molecule has 0 saturated heterocycles. The number of hydrogen-bond donors (Lipinski definition) is 0. The minimum Gasteiger partial charge on any atom is -0.309 e. The molecule has 148 valence electrons. The summed E-state index contributed by atoms with van der Waals surface area (Å²) in [6.45, 7) is 0. The van der Waals surface area contributed by atoms with Crippen molar-refractivity contribution in [2.45, 2.75) is 12.8 Å². The van der Waals surface area contributed by atoms with Gasteiger partial charge in [0.2, 0.25) is 0 Å². The van der Waals surface area contributed by atoms with E-state index < -0.39 is 0 Å². The normalized spacial score (nSPS) is 13.6. The Morgan fingerprint density at radius 3 is 1.90 bits per heavy atom. The molecular formula is C30H23N. The summed E-state index contributed by atoms with van der Waals surface area (Å²) in [6.07, 6.45) is 8.89. The first-order chi connectivity index (χ1) is 15.4. The molecule has 5 aromatic rings. The summed E-state index contributed by atoms with van der Waals surface area (Å²) in [4.78, 5) is 0. The van der Waals surface area contributed by atoms with Gasteiger partial charge in [-0.1, -0.05) is 85.0 Å². The minimum atomic E-state index is 1.08. The second-order valence-corrected chi connectivity index (χ2v) is 8.16. The largest absolute Gasteiger partial charge is 0.309 e. The van der Waals surface area contributed by atoms with Gasteiger partial charge in [0.15, 0.2) is 0 Å². The van der Waals surface area contributed by atoms with Crippen molar-refractivity contribution in [1.82, 2.24) is 4.57 Å². The van der Waals surface area contributed by atoms with Gasteiger partial charge in [-0.05, 0) is 65.4 Å². The highest BCUT2D eigenvalue weighted by Gasteiger charge is 2.14. The average Bonchev–Trinajstić information content (AvgIpc) is 3.19. The highest BCUT2D eigenvalue weighted by molar-refractivity contribution is 6.09. The predicted octanol–water partition coefficient (Wildman–Crippen LogP) is 8.18. The molecule has 0 radical (unpaired) electrons. The van der Waals surface area contributed by atoms with Crippen molar-refractivity contribution in [2.24, 2.45) is 0 Å². The number of nitrogens with zero attached hydrogens (tertiary/aromatic N) is 1. The monoisotopic (exact) mass is 397 g/mol. The molecule has 0 atom stereocenters. The van der Waals surface area contributed by atoms with Gasteiger partial charge in [0.05, 0.1) is 11.0 Å². The highest BCUT2D eigenvalue weighted by atomic mass is 15.0. The van der Waals surface area contributed by atoms with Gasteiger partial charge >= 0.3 is 0 Å². The van der Waals surface area contributed by atoms with E-state index in [-0.39, 0.29) is 0 Å². The molecule has 0 saturated carbocycles. The first-order valence-corrected chi connectivity index (χ1v) is 10.9. The Kier molecular flexibility index (Phi) is 4.32. The van der Waals surface area contributed by atoms with Crippen LogP contribution in [0.4, 0.5) is 0 Å². The molecule has 4 aromatic carbocycles. The zero-order valence-corrected chi connectivity index (χ0v) is 17.3. The fraction of sp³-hybridized carbons (Fsp3) is 0.0667. The summed E-state index contributed by atoms with van der Waals surface area (Å²) >= 11 is 0. The topological polar surface area (TPSA) is 4.93 Å². The first-order valence-electron chi connectivity index (χ1n) is 10.9. The van der Waals surface area contributed by atoms with E-state index in [2.05, 4.69) is 120 Å². The van der Waals surface area contributed by atoms with Crippen molar-refractivity contribution >= 4 is 27.4 Å². The molecule has 1 aliphatic rings. The van der Waals surface area contributed by atoms with E-state index >= 15 is 0 Å². The highest BCUT2D eigenvalue weighted by Crippen LogP contribution is 2.36. The molecule has 1 heteroatoms. The molecule has 1 aliphatic carbocycles. The molecule has 0 bridgehead atoms. The lowest BCUT2D eigenvalue weighted by Crippen LogP contribution is -1.98. The number of hydrogen-bond acceptors (Lipinski definition) is 0. The molecule has 1 heterocycles. The maximum absolute atomic E-state index is 2.42. The van der Waals surface area contributed by atoms with Crippen LogP contribution in [0.25, 0.3) is 44.2 Å². The second-order valence-electron chi connectivity index (χ2n) is 8.16. The fourth-order valence-corrected chi connectivity index (χ4v) is 4.77. The van der Waals surface area contributed by atoms with Gasteiger partial charge in [-0.3, -0.25) is 0 Å². The number of benzene rings is 4. The quantitative estimate of drug-likeness (QED) is 0.289. The summed E-state index contributed by atoms with van der Waals surface area (Å²) in [5.41, 5.74) is 8.92. The molecular weight excluding hydrogens is 374 g/mol. The van der Waals surface area contributed by atoms with Crippen LogP contribution in [0.1, 0.15) is 18.4 Å². The molecule has 0 unspecified atom stereocenters. The van der Waals surface area contributed by atoms with Crippen LogP contribution in [0.15, 0.2) is 115 Å². The van der Waals surface area contributed by atoms with E-state index in [1.54, 1.807) is 0 Å². The zero-order valence-electron chi connectivity index (χ0n) is 17.3. The van der Waals surface area contributed by atoms with Crippen molar-refractivity contribution in [3.63, 3.8) is 0 Å². The van der Waals surface area contributed by atoms with Crippen LogP contribution in [0.3, 0.4) is 0 Å². The lowest BCUT2D eigenvalue weighted by atomic mass is 9.93. The smallest absolute Gasteiger partial charge is 0.0541 e. The minimum absolute atomic E-state index is 1.08. The van der Waals surface area contributed by atoms with Crippen LogP contribution in [0.5, 0.6) is 0 Å². The van der Waals surface area contributed by atoms with Gasteiger partial charge in [0, 0.05) is 16.5 Å². The Balaban J connectivity index is 1.67. The maximum atomic E-state index is 2.42. The Morgan fingerprint density at radius 2 is 1.23 bits per heavy atom. The van der Waals surface area contributed by atoms with Gasteiger partial charge in [-0.2, -0.15) is 0 Å². The fourth-order valence-electron chi connectivity index (χ4n) is 4.77. The standard InChI is InChI=1S/C30H23N/c1-3-11-22(12-4-1)24-19-25(23-13-5-2-6-14-23)21-26(20-24)31-29-17-9-7-15-27(29)28-16-8-10-18-30(28)31/h1-5,7-13,15-21H,6,14H2. The number of para-hydroxylation sites is 2. The molecule has 0 amide bonds. The molecule has 31 heavy (non-hydrogen) atoms. The van der Waals surface area contributed by atoms with E-state index in [4.69, 9.17) is 0 Å². The van der Waals surface area contributed by atoms with Crippen molar-refractivity contribution < 1.29 is 0 Å². The number of rotatable bonds is 3. The third-order valence-corrected chi connectivity index (χ3v) is 6.25. The van der Waals surface area contributed by atoms with Crippen LogP contribution < -0.4 is 0 Å². The summed E-state index contributed by atoms with van der Waals surface area (Å²) in [5, 5.41) is 2.59. The van der Waals surface area contributed by atoms with Crippen molar-refractivity contribution in [3.05, 3.63) is 121 Å². The van der Waals surface area contributed by atoms with Crippen LogP contribution in [-0.2, 0) is 0 Å². The van der Waals surface area contributed by atoms with E-state index in [0.29, 0.717) is 0 Å². The number of allylic oxidation sites excluding steroid dienone is 4. The summed E-state index contributed by atoms with van der Waals surface area (Å²) < 4.78 is 2.42. The lowest BCUT2D eigenvalue weighted by molar-refractivity contribution is 1.05.